The van der Waals surface area contributed by atoms with Crippen molar-refractivity contribution in [3.05, 3.63) is 53.6 Å². The molecule has 132 valence electrons. The van der Waals surface area contributed by atoms with Gasteiger partial charge in [0.1, 0.15) is 5.75 Å². The predicted molar refractivity (Wildman–Crippen MR) is 97.6 cm³/mol. The Morgan fingerprint density at radius 1 is 1.20 bits per heavy atom. The van der Waals surface area contributed by atoms with Crippen molar-refractivity contribution >= 4 is 27.3 Å². The topological polar surface area (TPSA) is 75.7 Å². The number of carbonyl (C=O) groups is 1. The number of nitrogens with one attached hydrogen (secondary N) is 1. The van der Waals surface area contributed by atoms with E-state index in [1.807, 2.05) is 38.1 Å². The fraction of sp³-hybridized carbons (Fsp3) is 0.278. The summed E-state index contributed by atoms with van der Waals surface area (Å²) >= 11 is 0. The molecule has 1 heterocycles. The van der Waals surface area contributed by atoms with Crippen molar-refractivity contribution in [2.45, 2.75) is 20.0 Å². The second-order valence-electron chi connectivity index (χ2n) is 6.18. The lowest BCUT2D eigenvalue weighted by molar-refractivity contribution is -0.122. The molecule has 1 unspecified atom stereocenters. The number of amides is 1. The third-order valence-electron chi connectivity index (χ3n) is 4.08. The Labute approximate surface area is 147 Å². The normalized spacial score (nSPS) is 16.8. The third kappa shape index (κ3) is 3.61. The van der Waals surface area contributed by atoms with Crippen LogP contribution in [0.2, 0.25) is 0 Å². The van der Waals surface area contributed by atoms with Gasteiger partial charge in [0, 0.05) is 5.69 Å². The first kappa shape index (κ1) is 17.3. The van der Waals surface area contributed by atoms with E-state index in [1.54, 1.807) is 18.2 Å². The van der Waals surface area contributed by atoms with Crippen LogP contribution in [0.3, 0.4) is 0 Å². The fourth-order valence-electron chi connectivity index (χ4n) is 2.74. The van der Waals surface area contributed by atoms with Crippen LogP contribution in [-0.4, -0.2) is 33.2 Å². The molecule has 0 saturated heterocycles. The highest BCUT2D eigenvalue weighted by atomic mass is 32.2. The van der Waals surface area contributed by atoms with Gasteiger partial charge in [-0.25, -0.2) is 8.42 Å². The van der Waals surface area contributed by atoms with Gasteiger partial charge in [0.05, 0.1) is 18.5 Å². The summed E-state index contributed by atoms with van der Waals surface area (Å²) < 4.78 is 31.4. The number of benzene rings is 2. The van der Waals surface area contributed by atoms with Crippen molar-refractivity contribution in [2.24, 2.45) is 0 Å². The van der Waals surface area contributed by atoms with Crippen LogP contribution in [0, 0.1) is 13.8 Å². The number of ether oxygens (including phenoxy) is 1. The van der Waals surface area contributed by atoms with E-state index in [2.05, 4.69) is 5.32 Å². The summed E-state index contributed by atoms with van der Waals surface area (Å²) in [6.45, 7) is 3.70. The molecule has 0 aromatic heterocycles. The summed E-state index contributed by atoms with van der Waals surface area (Å²) in [6.07, 6.45) is 0.199. The Morgan fingerprint density at radius 3 is 2.60 bits per heavy atom. The molecule has 0 aliphatic carbocycles. The minimum Gasteiger partial charge on any atom is -0.476 e. The third-order valence-corrected chi connectivity index (χ3v) is 5.23. The Kier molecular flexibility index (Phi) is 4.43. The summed E-state index contributed by atoms with van der Waals surface area (Å²) in [5.41, 5.74) is 2.97. The largest absolute Gasteiger partial charge is 0.476 e. The van der Waals surface area contributed by atoms with Gasteiger partial charge >= 0.3 is 0 Å². The van der Waals surface area contributed by atoms with Crippen molar-refractivity contribution in [2.75, 3.05) is 22.4 Å². The molecule has 2 aromatic rings. The molecule has 3 rings (SSSR count). The number of carbonyl (C=O) groups excluding carboxylic acids is 1. The van der Waals surface area contributed by atoms with Crippen LogP contribution in [0.15, 0.2) is 42.5 Å². The molecule has 7 heteroatoms. The van der Waals surface area contributed by atoms with Crippen molar-refractivity contribution in [3.8, 4) is 5.75 Å². The van der Waals surface area contributed by atoms with E-state index in [1.165, 1.54) is 4.31 Å². The number of aryl methyl sites for hydroxylation is 2. The van der Waals surface area contributed by atoms with Gasteiger partial charge < -0.3 is 10.1 Å². The summed E-state index contributed by atoms with van der Waals surface area (Å²) in [7, 11) is -3.53. The molecule has 2 aromatic carbocycles. The van der Waals surface area contributed by atoms with Gasteiger partial charge in [0.15, 0.2) is 6.10 Å². The molecular formula is C18H20N2O4S. The molecule has 0 saturated carbocycles. The van der Waals surface area contributed by atoms with Crippen LogP contribution in [0.1, 0.15) is 11.1 Å². The first-order valence-electron chi connectivity index (χ1n) is 7.87. The number of anilines is 2. The lowest BCUT2D eigenvalue weighted by Gasteiger charge is -2.34. The number of hydrogen-bond acceptors (Lipinski definition) is 4. The van der Waals surface area contributed by atoms with Crippen molar-refractivity contribution in [3.63, 3.8) is 0 Å². The van der Waals surface area contributed by atoms with E-state index in [9.17, 15) is 13.2 Å². The number of sulfonamides is 1. The fourth-order valence-corrected chi connectivity index (χ4v) is 3.64. The number of hydrogen-bond donors (Lipinski definition) is 1. The van der Waals surface area contributed by atoms with E-state index in [4.69, 9.17) is 4.74 Å². The van der Waals surface area contributed by atoms with Gasteiger partial charge in [-0.15, -0.1) is 0 Å². The molecule has 1 aliphatic heterocycles. The Bertz CT molecular complexity index is 924. The summed E-state index contributed by atoms with van der Waals surface area (Å²) in [4.78, 5) is 12.6. The van der Waals surface area contributed by atoms with Crippen LogP contribution in [0.5, 0.6) is 5.75 Å². The molecule has 0 fully saturated rings. The SMILES string of the molecule is Cc1ccc2c(c1)N(S(C)(=O)=O)CC(C(=O)Nc1ccccc1C)O2. The van der Waals surface area contributed by atoms with E-state index in [0.29, 0.717) is 17.1 Å². The Morgan fingerprint density at radius 2 is 1.92 bits per heavy atom. The maximum absolute atomic E-state index is 12.6. The number of rotatable bonds is 3. The minimum absolute atomic E-state index is 0.0625. The van der Waals surface area contributed by atoms with Gasteiger partial charge in [-0.1, -0.05) is 24.3 Å². The highest BCUT2D eigenvalue weighted by molar-refractivity contribution is 7.92. The maximum Gasteiger partial charge on any atom is 0.267 e. The van der Waals surface area contributed by atoms with E-state index >= 15 is 0 Å². The van der Waals surface area contributed by atoms with E-state index in [0.717, 1.165) is 17.4 Å². The Balaban J connectivity index is 1.90. The van der Waals surface area contributed by atoms with Gasteiger partial charge in [-0.05, 0) is 43.2 Å². The van der Waals surface area contributed by atoms with Crippen LogP contribution in [0.25, 0.3) is 0 Å². The van der Waals surface area contributed by atoms with E-state index < -0.39 is 16.1 Å². The molecule has 1 atom stereocenters. The van der Waals surface area contributed by atoms with Gasteiger partial charge in [0.2, 0.25) is 10.0 Å². The monoisotopic (exact) mass is 360 g/mol. The van der Waals surface area contributed by atoms with E-state index in [-0.39, 0.29) is 12.5 Å². The maximum atomic E-state index is 12.6. The first-order valence-corrected chi connectivity index (χ1v) is 9.72. The number of nitrogens with zero attached hydrogens (tertiary/aromatic N) is 1. The number of fused-ring (bicyclic) bond motifs is 1. The molecular weight excluding hydrogens is 340 g/mol. The molecule has 0 radical (unpaired) electrons. The summed E-state index contributed by atoms with van der Waals surface area (Å²) in [6, 6.07) is 12.6. The summed E-state index contributed by atoms with van der Waals surface area (Å²) in [5, 5.41) is 2.81. The standard InChI is InChI=1S/C18H20N2O4S/c1-12-8-9-16-15(10-12)20(25(3,22)23)11-17(24-16)18(21)19-14-7-5-4-6-13(14)2/h4-10,17H,11H2,1-3H3,(H,19,21). The zero-order valence-electron chi connectivity index (χ0n) is 14.3. The second kappa shape index (κ2) is 6.40. The van der Waals surface area contributed by atoms with Crippen LogP contribution in [0.4, 0.5) is 11.4 Å². The molecule has 0 bridgehead atoms. The van der Waals surface area contributed by atoms with Crippen LogP contribution >= 0.6 is 0 Å². The zero-order chi connectivity index (χ0) is 18.2. The average Bonchev–Trinajstić information content (AvgIpc) is 2.55. The van der Waals surface area contributed by atoms with Crippen molar-refractivity contribution in [1.82, 2.24) is 0 Å². The smallest absolute Gasteiger partial charge is 0.267 e. The van der Waals surface area contributed by atoms with Crippen LogP contribution in [-0.2, 0) is 14.8 Å². The average molecular weight is 360 g/mol. The molecule has 25 heavy (non-hydrogen) atoms. The second-order valence-corrected chi connectivity index (χ2v) is 8.08. The van der Waals surface area contributed by atoms with Crippen LogP contribution < -0.4 is 14.4 Å². The quantitative estimate of drug-likeness (QED) is 0.912. The Hall–Kier alpha value is -2.54. The zero-order valence-corrected chi connectivity index (χ0v) is 15.1. The highest BCUT2D eigenvalue weighted by Gasteiger charge is 2.35. The van der Waals surface area contributed by atoms with Gasteiger partial charge in [-0.2, -0.15) is 0 Å². The van der Waals surface area contributed by atoms with Crippen molar-refractivity contribution < 1.29 is 17.9 Å². The molecule has 1 aliphatic rings. The lowest BCUT2D eigenvalue weighted by atomic mass is 10.1. The molecule has 1 N–H and O–H groups in total. The predicted octanol–water partition coefficient (Wildman–Crippen LogP) is 2.47. The molecule has 0 spiro atoms. The van der Waals surface area contributed by atoms with Crippen molar-refractivity contribution in [1.29, 1.82) is 0 Å². The van der Waals surface area contributed by atoms with Gasteiger partial charge in [0.25, 0.3) is 5.91 Å². The lowest BCUT2D eigenvalue weighted by Crippen LogP contribution is -2.48. The van der Waals surface area contributed by atoms with Gasteiger partial charge in [-0.3, -0.25) is 9.10 Å². The highest BCUT2D eigenvalue weighted by Crippen LogP contribution is 2.36. The molecule has 1 amide bonds. The first-order chi connectivity index (χ1) is 11.8. The summed E-state index contributed by atoms with van der Waals surface area (Å²) in [5.74, 6) is 0.00128. The molecule has 6 nitrogen and oxygen atoms in total. The minimum atomic E-state index is -3.53. The number of para-hydroxylation sites is 1.